The molecule has 2 amide bonds. The largest absolute Gasteiger partial charge is 0.497 e. The summed E-state index contributed by atoms with van der Waals surface area (Å²) in [6, 6.07) is 17.5. The fourth-order valence-electron chi connectivity index (χ4n) is 5.05. The van der Waals surface area contributed by atoms with Gasteiger partial charge in [0.25, 0.3) is 10.0 Å². The molecule has 0 aliphatic heterocycles. The van der Waals surface area contributed by atoms with Crippen LogP contribution in [0.25, 0.3) is 0 Å². The van der Waals surface area contributed by atoms with Gasteiger partial charge in [0.15, 0.2) is 0 Å². The number of ether oxygens (including phenoxy) is 1. The maximum atomic E-state index is 14.0. The van der Waals surface area contributed by atoms with Gasteiger partial charge in [-0.25, -0.2) is 12.8 Å². The first-order valence-corrected chi connectivity index (χ1v) is 15.6. The lowest BCUT2D eigenvalue weighted by molar-refractivity contribution is -0.139. The van der Waals surface area contributed by atoms with E-state index in [0.29, 0.717) is 5.75 Å². The van der Waals surface area contributed by atoms with Crippen LogP contribution < -0.4 is 14.4 Å². The summed E-state index contributed by atoms with van der Waals surface area (Å²) >= 11 is 0. The third-order valence-electron chi connectivity index (χ3n) is 7.63. The molecule has 0 heterocycles. The van der Waals surface area contributed by atoms with Gasteiger partial charge in [-0.2, -0.15) is 0 Å². The average Bonchev–Trinajstić information content (AvgIpc) is 2.99. The molecule has 10 heteroatoms. The number of nitrogens with one attached hydrogen (secondary N) is 1. The summed E-state index contributed by atoms with van der Waals surface area (Å²) in [5.41, 5.74) is 1.95. The van der Waals surface area contributed by atoms with Crippen LogP contribution in [-0.4, -0.2) is 50.9 Å². The molecule has 1 N–H and O–H groups in total. The molecule has 1 unspecified atom stereocenters. The van der Waals surface area contributed by atoms with Gasteiger partial charge in [0.05, 0.1) is 17.7 Å². The molecule has 3 aromatic carbocycles. The van der Waals surface area contributed by atoms with Crippen LogP contribution in [0.4, 0.5) is 10.1 Å². The second-order valence-corrected chi connectivity index (χ2v) is 12.6. The predicted octanol–water partition coefficient (Wildman–Crippen LogP) is 5.20. The van der Waals surface area contributed by atoms with Crippen LogP contribution in [0.15, 0.2) is 77.7 Å². The molecular formula is C32H38FN3O5S. The van der Waals surface area contributed by atoms with Crippen molar-refractivity contribution in [1.29, 1.82) is 0 Å². The van der Waals surface area contributed by atoms with Crippen molar-refractivity contribution in [2.75, 3.05) is 18.0 Å². The molecule has 1 aliphatic rings. The molecule has 1 aliphatic carbocycles. The Hall–Kier alpha value is -3.92. The summed E-state index contributed by atoms with van der Waals surface area (Å²) in [4.78, 5) is 28.7. The summed E-state index contributed by atoms with van der Waals surface area (Å²) < 4.78 is 47.5. The molecule has 1 fully saturated rings. The number of halogens is 1. The van der Waals surface area contributed by atoms with Crippen LogP contribution in [0.3, 0.4) is 0 Å². The smallest absolute Gasteiger partial charge is 0.264 e. The molecule has 8 nitrogen and oxygen atoms in total. The fourth-order valence-corrected chi connectivity index (χ4v) is 6.47. The lowest BCUT2D eigenvalue weighted by Crippen LogP contribution is -2.53. The molecule has 224 valence electrons. The highest BCUT2D eigenvalue weighted by atomic mass is 32.2. The van der Waals surface area contributed by atoms with Gasteiger partial charge in [0.1, 0.15) is 24.2 Å². The third kappa shape index (κ3) is 7.67. The Balaban J connectivity index is 1.66. The zero-order valence-electron chi connectivity index (χ0n) is 24.3. The molecule has 42 heavy (non-hydrogen) atoms. The zero-order valence-corrected chi connectivity index (χ0v) is 25.1. The number of aryl methyl sites for hydroxylation is 1. The Labute approximate surface area is 247 Å². The SMILES string of the molecule is COc1ccc(CN(C(=O)CN(c2ccc(C)cc2)S(=O)(=O)c2ccc(F)cc2)C(C)C(=O)NC2CCCCC2)cc1. The second-order valence-electron chi connectivity index (χ2n) is 10.7. The molecule has 0 bridgehead atoms. The Morgan fingerprint density at radius 2 is 1.57 bits per heavy atom. The standard InChI is InChI=1S/C32H38FN3O5S/c1-23-9-15-28(16-10-23)36(42(39,40)30-19-13-26(33)14-20-30)22-31(37)35(21-25-11-17-29(41-3)18-12-25)24(2)32(38)34-27-7-5-4-6-8-27/h9-20,24,27H,4-8,21-22H2,1-3H3,(H,34,38). The Bertz CT molecular complexity index is 1460. The van der Waals surface area contributed by atoms with E-state index in [-0.39, 0.29) is 29.1 Å². The van der Waals surface area contributed by atoms with Crippen molar-refractivity contribution in [3.8, 4) is 5.75 Å². The molecule has 3 aromatic rings. The van der Waals surface area contributed by atoms with E-state index in [1.807, 2.05) is 6.92 Å². The number of amides is 2. The topological polar surface area (TPSA) is 96.0 Å². The van der Waals surface area contributed by atoms with E-state index in [9.17, 15) is 22.4 Å². The second kappa shape index (κ2) is 13.8. The number of hydrogen-bond acceptors (Lipinski definition) is 5. The van der Waals surface area contributed by atoms with Gasteiger partial charge in [0, 0.05) is 12.6 Å². The lowest BCUT2D eigenvalue weighted by atomic mass is 9.95. The number of anilines is 1. The van der Waals surface area contributed by atoms with Crippen LogP contribution in [-0.2, 0) is 26.2 Å². The number of sulfonamides is 1. The van der Waals surface area contributed by atoms with Crippen molar-refractivity contribution in [1.82, 2.24) is 10.2 Å². The van der Waals surface area contributed by atoms with Crippen LogP contribution in [0.2, 0.25) is 0 Å². The van der Waals surface area contributed by atoms with Crippen molar-refractivity contribution >= 4 is 27.5 Å². The monoisotopic (exact) mass is 595 g/mol. The van der Waals surface area contributed by atoms with Gasteiger partial charge in [-0.3, -0.25) is 13.9 Å². The minimum atomic E-state index is -4.26. The van der Waals surface area contributed by atoms with Gasteiger partial charge >= 0.3 is 0 Å². The Morgan fingerprint density at radius 3 is 2.17 bits per heavy atom. The number of methoxy groups -OCH3 is 1. The van der Waals surface area contributed by atoms with E-state index in [1.54, 1.807) is 62.6 Å². The van der Waals surface area contributed by atoms with E-state index in [0.717, 1.165) is 59.7 Å². The lowest BCUT2D eigenvalue weighted by Gasteiger charge is -2.33. The van der Waals surface area contributed by atoms with Gasteiger partial charge in [-0.1, -0.05) is 49.1 Å². The van der Waals surface area contributed by atoms with Crippen LogP contribution in [0, 0.1) is 12.7 Å². The van der Waals surface area contributed by atoms with Crippen LogP contribution >= 0.6 is 0 Å². The highest BCUT2D eigenvalue weighted by Crippen LogP contribution is 2.26. The van der Waals surface area contributed by atoms with Crippen LogP contribution in [0.5, 0.6) is 5.75 Å². The predicted molar refractivity (Wildman–Crippen MR) is 160 cm³/mol. The first-order valence-electron chi connectivity index (χ1n) is 14.2. The quantitative estimate of drug-likeness (QED) is 0.329. The average molecular weight is 596 g/mol. The number of rotatable bonds is 11. The minimum Gasteiger partial charge on any atom is -0.497 e. The number of nitrogens with zero attached hydrogens (tertiary/aromatic N) is 2. The molecule has 1 atom stereocenters. The van der Waals surface area contributed by atoms with Crippen molar-refractivity contribution in [3.05, 3.63) is 89.7 Å². The first kappa shape index (κ1) is 31.0. The minimum absolute atomic E-state index is 0.0505. The van der Waals surface area contributed by atoms with E-state index >= 15 is 0 Å². The molecule has 0 spiro atoms. The highest BCUT2D eigenvalue weighted by molar-refractivity contribution is 7.92. The van der Waals surface area contributed by atoms with Gasteiger partial charge in [-0.15, -0.1) is 0 Å². The highest BCUT2D eigenvalue weighted by Gasteiger charge is 2.33. The van der Waals surface area contributed by atoms with Crippen molar-refractivity contribution in [2.24, 2.45) is 0 Å². The number of benzene rings is 3. The van der Waals surface area contributed by atoms with Crippen molar-refractivity contribution in [3.63, 3.8) is 0 Å². The van der Waals surface area contributed by atoms with Gasteiger partial charge in [0.2, 0.25) is 11.8 Å². The summed E-state index contributed by atoms with van der Waals surface area (Å²) in [6.07, 6.45) is 5.01. The Morgan fingerprint density at radius 1 is 0.952 bits per heavy atom. The molecular weight excluding hydrogens is 557 g/mol. The maximum absolute atomic E-state index is 14.0. The molecule has 4 rings (SSSR count). The zero-order chi connectivity index (χ0) is 30.3. The third-order valence-corrected chi connectivity index (χ3v) is 9.42. The van der Waals surface area contributed by atoms with Gasteiger partial charge < -0.3 is 15.0 Å². The number of carbonyl (C=O) groups is 2. The molecule has 0 saturated heterocycles. The fraction of sp³-hybridized carbons (Fsp3) is 0.375. The normalized spacial score (nSPS) is 14.6. The van der Waals surface area contributed by atoms with E-state index in [1.165, 1.54) is 17.0 Å². The van der Waals surface area contributed by atoms with E-state index < -0.39 is 34.3 Å². The van der Waals surface area contributed by atoms with Gasteiger partial charge in [-0.05, 0) is 80.8 Å². The number of hydrogen-bond donors (Lipinski definition) is 1. The van der Waals surface area contributed by atoms with Crippen molar-refractivity contribution < 1.29 is 27.1 Å². The summed E-state index contributed by atoms with van der Waals surface area (Å²) in [6.45, 7) is 3.06. The summed E-state index contributed by atoms with van der Waals surface area (Å²) in [5.74, 6) is -0.763. The molecule has 1 saturated carbocycles. The van der Waals surface area contributed by atoms with Crippen LogP contribution in [0.1, 0.15) is 50.2 Å². The maximum Gasteiger partial charge on any atom is 0.264 e. The van der Waals surface area contributed by atoms with Crippen molar-refractivity contribution in [2.45, 2.75) is 69.5 Å². The molecule has 0 aromatic heterocycles. The van der Waals surface area contributed by atoms with E-state index in [4.69, 9.17) is 4.74 Å². The first-order chi connectivity index (χ1) is 20.1. The molecule has 0 radical (unpaired) electrons. The number of carbonyl (C=O) groups excluding carboxylic acids is 2. The Kier molecular flexibility index (Phi) is 10.2. The summed E-state index contributed by atoms with van der Waals surface area (Å²) in [5, 5.41) is 3.09. The van der Waals surface area contributed by atoms with E-state index in [2.05, 4.69) is 5.32 Å². The summed E-state index contributed by atoms with van der Waals surface area (Å²) in [7, 11) is -2.70.